The molecule has 1 nitrogen and oxygen atoms in total. The second-order valence-electron chi connectivity index (χ2n) is 4.26. The van der Waals surface area contributed by atoms with Gasteiger partial charge >= 0.3 is 0 Å². The van der Waals surface area contributed by atoms with Gasteiger partial charge in [0.2, 0.25) is 0 Å². The fourth-order valence-corrected chi connectivity index (χ4v) is 2.63. The summed E-state index contributed by atoms with van der Waals surface area (Å²) >= 11 is 9.30. The highest BCUT2D eigenvalue weighted by Crippen LogP contribution is 2.29. The minimum atomic E-state index is 0.490. The average Bonchev–Trinajstić information content (AvgIpc) is 2.33. The van der Waals surface area contributed by atoms with Crippen LogP contribution in [0.1, 0.15) is 16.7 Å². The first-order valence-electron chi connectivity index (χ1n) is 5.69. The monoisotopic (exact) mass is 324 g/mol. The first-order valence-corrected chi connectivity index (χ1v) is 7.02. The van der Waals surface area contributed by atoms with Crippen LogP contribution >= 0.6 is 27.5 Å². The smallest absolute Gasteiger partial charge is 0.130 e. The third kappa shape index (κ3) is 3.06. The lowest BCUT2D eigenvalue weighted by molar-refractivity contribution is 0.478. The first kappa shape index (κ1) is 13.4. The van der Waals surface area contributed by atoms with Crippen LogP contribution in [-0.2, 0) is 5.88 Å². The van der Waals surface area contributed by atoms with Gasteiger partial charge in [0.25, 0.3) is 0 Å². The van der Waals surface area contributed by atoms with Gasteiger partial charge in [-0.15, -0.1) is 11.6 Å². The number of halogens is 2. The van der Waals surface area contributed by atoms with E-state index in [-0.39, 0.29) is 0 Å². The topological polar surface area (TPSA) is 9.23 Å². The van der Waals surface area contributed by atoms with Gasteiger partial charge in [0.05, 0.1) is 0 Å². The third-order valence-electron chi connectivity index (χ3n) is 2.73. The molecule has 0 spiro atoms. The van der Waals surface area contributed by atoms with Gasteiger partial charge < -0.3 is 4.74 Å². The molecule has 2 aromatic rings. The quantitative estimate of drug-likeness (QED) is 0.668. The van der Waals surface area contributed by atoms with Gasteiger partial charge in [-0.05, 0) is 43.2 Å². The van der Waals surface area contributed by atoms with Gasteiger partial charge in [0, 0.05) is 10.4 Å². The number of rotatable bonds is 3. The van der Waals surface area contributed by atoms with Crippen molar-refractivity contribution >= 4 is 27.5 Å². The SMILES string of the molecule is Cc1ccc(Oc2ccc(CCl)c(Br)c2)c(C)c1. The molecule has 0 aromatic heterocycles. The molecule has 0 saturated carbocycles. The van der Waals surface area contributed by atoms with Crippen LogP contribution in [-0.4, -0.2) is 0 Å². The predicted octanol–water partition coefficient (Wildman–Crippen LogP) is 5.60. The number of hydrogen-bond acceptors (Lipinski definition) is 1. The van der Waals surface area contributed by atoms with Gasteiger partial charge in [0.15, 0.2) is 0 Å². The van der Waals surface area contributed by atoms with Gasteiger partial charge in [-0.3, -0.25) is 0 Å². The molecule has 0 heterocycles. The molecule has 0 unspecified atom stereocenters. The third-order valence-corrected chi connectivity index (χ3v) is 3.75. The number of benzene rings is 2. The van der Waals surface area contributed by atoms with Crippen LogP contribution in [0.15, 0.2) is 40.9 Å². The zero-order chi connectivity index (χ0) is 13.1. The van der Waals surface area contributed by atoms with Crippen LogP contribution in [0.3, 0.4) is 0 Å². The van der Waals surface area contributed by atoms with E-state index >= 15 is 0 Å². The lowest BCUT2D eigenvalue weighted by Gasteiger charge is -2.10. The molecular formula is C15H14BrClO. The molecular weight excluding hydrogens is 312 g/mol. The van der Waals surface area contributed by atoms with Gasteiger partial charge in [-0.2, -0.15) is 0 Å². The van der Waals surface area contributed by atoms with E-state index in [4.69, 9.17) is 16.3 Å². The van der Waals surface area contributed by atoms with Crippen molar-refractivity contribution in [1.82, 2.24) is 0 Å². The van der Waals surface area contributed by atoms with E-state index in [1.807, 2.05) is 37.3 Å². The van der Waals surface area contributed by atoms with Crippen molar-refractivity contribution < 1.29 is 4.74 Å². The molecule has 0 saturated heterocycles. The fourth-order valence-electron chi connectivity index (χ4n) is 1.74. The van der Waals surface area contributed by atoms with Crippen molar-refractivity contribution in [2.45, 2.75) is 19.7 Å². The maximum Gasteiger partial charge on any atom is 0.130 e. The van der Waals surface area contributed by atoms with Crippen LogP contribution in [0.5, 0.6) is 11.5 Å². The zero-order valence-corrected chi connectivity index (χ0v) is 12.7. The van der Waals surface area contributed by atoms with E-state index < -0.39 is 0 Å². The molecule has 0 bridgehead atoms. The van der Waals surface area contributed by atoms with E-state index in [2.05, 4.69) is 28.9 Å². The molecule has 2 aromatic carbocycles. The fraction of sp³-hybridized carbons (Fsp3) is 0.200. The zero-order valence-electron chi connectivity index (χ0n) is 10.3. The molecule has 2 rings (SSSR count). The summed E-state index contributed by atoms with van der Waals surface area (Å²) in [6.45, 7) is 4.12. The summed E-state index contributed by atoms with van der Waals surface area (Å²) in [4.78, 5) is 0. The lowest BCUT2D eigenvalue weighted by atomic mass is 10.1. The predicted molar refractivity (Wildman–Crippen MR) is 79.7 cm³/mol. The Balaban J connectivity index is 2.26. The Labute approximate surface area is 121 Å². The van der Waals surface area contributed by atoms with Crippen molar-refractivity contribution in [3.05, 3.63) is 57.6 Å². The Morgan fingerprint density at radius 1 is 1.11 bits per heavy atom. The molecule has 0 aliphatic heterocycles. The van der Waals surface area contributed by atoms with E-state index in [0.717, 1.165) is 27.1 Å². The maximum atomic E-state index is 5.87. The standard InChI is InChI=1S/C15H14BrClO/c1-10-3-6-15(11(2)7-10)18-13-5-4-12(9-17)14(16)8-13/h3-8H,9H2,1-2H3. The van der Waals surface area contributed by atoms with Crippen LogP contribution in [0.2, 0.25) is 0 Å². The Morgan fingerprint density at radius 2 is 1.89 bits per heavy atom. The highest BCUT2D eigenvalue weighted by atomic mass is 79.9. The van der Waals surface area contributed by atoms with Crippen LogP contribution in [0, 0.1) is 13.8 Å². The average molecular weight is 326 g/mol. The second kappa shape index (κ2) is 5.77. The molecule has 94 valence electrons. The lowest BCUT2D eigenvalue weighted by Crippen LogP contribution is -1.89. The summed E-state index contributed by atoms with van der Waals surface area (Å²) in [5, 5.41) is 0. The van der Waals surface area contributed by atoms with E-state index in [1.54, 1.807) is 0 Å². The summed E-state index contributed by atoms with van der Waals surface area (Å²) < 4.78 is 6.84. The number of aryl methyl sites for hydroxylation is 2. The minimum Gasteiger partial charge on any atom is -0.457 e. The summed E-state index contributed by atoms with van der Waals surface area (Å²) in [6, 6.07) is 12.0. The van der Waals surface area contributed by atoms with Gasteiger partial charge in [-0.25, -0.2) is 0 Å². The summed E-state index contributed by atoms with van der Waals surface area (Å²) in [7, 11) is 0. The van der Waals surface area contributed by atoms with Crippen LogP contribution in [0.4, 0.5) is 0 Å². The summed E-state index contributed by atoms with van der Waals surface area (Å²) in [5.41, 5.74) is 3.43. The number of alkyl halides is 1. The molecule has 0 amide bonds. The van der Waals surface area contributed by atoms with Crippen LogP contribution < -0.4 is 4.74 Å². The molecule has 0 N–H and O–H groups in total. The maximum absolute atomic E-state index is 5.87. The van der Waals surface area contributed by atoms with E-state index in [9.17, 15) is 0 Å². The minimum absolute atomic E-state index is 0.490. The van der Waals surface area contributed by atoms with Crippen molar-refractivity contribution in [1.29, 1.82) is 0 Å². The van der Waals surface area contributed by atoms with Crippen molar-refractivity contribution in [3.8, 4) is 11.5 Å². The molecule has 0 aliphatic rings. The molecule has 0 atom stereocenters. The molecule has 0 radical (unpaired) electrons. The Bertz CT molecular complexity index is 566. The number of ether oxygens (including phenoxy) is 1. The molecule has 0 fully saturated rings. The Morgan fingerprint density at radius 3 is 2.50 bits per heavy atom. The van der Waals surface area contributed by atoms with Gasteiger partial charge in [-0.1, -0.05) is 39.7 Å². The van der Waals surface area contributed by atoms with Crippen LogP contribution in [0.25, 0.3) is 0 Å². The summed E-state index contributed by atoms with van der Waals surface area (Å²) in [5.74, 6) is 2.18. The number of hydrogen-bond donors (Lipinski definition) is 0. The summed E-state index contributed by atoms with van der Waals surface area (Å²) in [6.07, 6.45) is 0. The molecule has 3 heteroatoms. The second-order valence-corrected chi connectivity index (χ2v) is 5.38. The van der Waals surface area contributed by atoms with E-state index in [1.165, 1.54) is 5.56 Å². The normalized spacial score (nSPS) is 10.4. The molecule has 18 heavy (non-hydrogen) atoms. The van der Waals surface area contributed by atoms with Gasteiger partial charge in [0.1, 0.15) is 11.5 Å². The molecule has 0 aliphatic carbocycles. The van der Waals surface area contributed by atoms with Crippen molar-refractivity contribution in [2.24, 2.45) is 0 Å². The highest BCUT2D eigenvalue weighted by Gasteiger charge is 2.04. The van der Waals surface area contributed by atoms with E-state index in [0.29, 0.717) is 5.88 Å². The first-order chi connectivity index (χ1) is 8.60. The largest absolute Gasteiger partial charge is 0.457 e. The Kier molecular flexibility index (Phi) is 4.31. The van der Waals surface area contributed by atoms with Crippen molar-refractivity contribution in [3.63, 3.8) is 0 Å². The highest BCUT2D eigenvalue weighted by molar-refractivity contribution is 9.10. The Hall–Kier alpha value is -0.990. The van der Waals surface area contributed by atoms with Crippen molar-refractivity contribution in [2.75, 3.05) is 0 Å².